The number of thiol groups is 2. The number of hydrogen-bond acceptors (Lipinski definition) is 8. The van der Waals surface area contributed by atoms with Crippen LogP contribution in [0.1, 0.15) is 44.1 Å². The van der Waals surface area contributed by atoms with Gasteiger partial charge in [0.25, 0.3) is 0 Å². The Morgan fingerprint density at radius 3 is 2.67 bits per heavy atom. The number of hydrogen-bond donors (Lipinski definition) is 4. The van der Waals surface area contributed by atoms with Crippen molar-refractivity contribution in [1.82, 2.24) is 15.1 Å². The van der Waals surface area contributed by atoms with Gasteiger partial charge in [-0.1, -0.05) is 54.5 Å². The van der Waals surface area contributed by atoms with E-state index in [2.05, 4.69) is 94.9 Å². The Labute approximate surface area is 244 Å². The van der Waals surface area contributed by atoms with Gasteiger partial charge in [0.2, 0.25) is 5.91 Å². The maximum atomic E-state index is 12.3. The number of aliphatic hydroxyl groups excluding tert-OH is 1. The fraction of sp³-hybridized carbons (Fsp3) is 0.600. The molecule has 0 aromatic heterocycles. The zero-order valence-electron chi connectivity index (χ0n) is 23.2. The summed E-state index contributed by atoms with van der Waals surface area (Å²) in [5.41, 5.74) is 2.33. The molecule has 2 saturated heterocycles. The highest BCUT2D eigenvalue weighted by molar-refractivity contribution is 7.80. The summed E-state index contributed by atoms with van der Waals surface area (Å²) in [6, 6.07) is 15.6. The Kier molecular flexibility index (Phi) is 11.4. The highest BCUT2D eigenvalue weighted by Gasteiger charge is 2.53. The Morgan fingerprint density at radius 1 is 1.15 bits per heavy atom. The summed E-state index contributed by atoms with van der Waals surface area (Å²) in [6.45, 7) is 5.53. The van der Waals surface area contributed by atoms with Gasteiger partial charge in [-0.3, -0.25) is 14.6 Å². The first-order valence-electron chi connectivity index (χ1n) is 14.2. The summed E-state index contributed by atoms with van der Waals surface area (Å²) in [5, 5.41) is 21.3. The molecule has 5 unspecified atom stereocenters. The summed E-state index contributed by atoms with van der Waals surface area (Å²) >= 11 is 8.58. The van der Waals surface area contributed by atoms with Crippen molar-refractivity contribution < 1.29 is 14.7 Å². The molecule has 0 spiro atoms. The first-order chi connectivity index (χ1) is 19.0. The molecule has 7 nitrogen and oxygen atoms in total. The van der Waals surface area contributed by atoms with Crippen molar-refractivity contribution >= 4 is 47.6 Å². The van der Waals surface area contributed by atoms with Crippen molar-refractivity contribution in [3.8, 4) is 0 Å². The van der Waals surface area contributed by atoms with Gasteiger partial charge in [0, 0.05) is 49.1 Å². The van der Waals surface area contributed by atoms with E-state index in [1.807, 2.05) is 0 Å². The highest BCUT2D eigenvalue weighted by Crippen LogP contribution is 2.48. The van der Waals surface area contributed by atoms with Crippen LogP contribution in [0.2, 0.25) is 0 Å². The fourth-order valence-electron chi connectivity index (χ4n) is 6.74. The Morgan fingerprint density at radius 2 is 1.95 bits per heavy atom. The number of carbonyl (C=O) groups is 1. The lowest BCUT2D eigenvalue weighted by Gasteiger charge is -2.45. The third-order valence-corrected chi connectivity index (χ3v) is 8.78. The van der Waals surface area contributed by atoms with Gasteiger partial charge in [0.15, 0.2) is 0 Å². The largest absolute Gasteiger partial charge is 0.399 e. The second-order valence-electron chi connectivity index (χ2n) is 10.7. The summed E-state index contributed by atoms with van der Waals surface area (Å²) in [7, 11) is 1.61. The molecule has 2 heterocycles. The van der Waals surface area contributed by atoms with Gasteiger partial charge in [-0.2, -0.15) is 25.3 Å². The Bertz CT molecular complexity index is 1120. The fourth-order valence-corrected chi connectivity index (χ4v) is 7.13. The van der Waals surface area contributed by atoms with Crippen LogP contribution in [0.3, 0.4) is 0 Å². The normalized spacial score (nSPS) is 25.4. The monoisotopic (exact) mass is 572 g/mol. The molecule has 0 aliphatic carbocycles. The number of carbonyl (C=O) groups excluding carboxylic acids is 1. The van der Waals surface area contributed by atoms with Crippen molar-refractivity contribution in [2.75, 3.05) is 51.3 Å². The molecule has 39 heavy (non-hydrogen) atoms. The number of amides is 1. The SMILES string of the molecule is CCC(=NOC)C1C(c2ccc3ccccc3c2)CC2CC(O)C1N2CCCN(CCS)CC(=O)NCCS. The molecule has 214 valence electrons. The third kappa shape index (κ3) is 7.30. The Hall–Kier alpha value is -1.78. The van der Waals surface area contributed by atoms with Crippen LogP contribution in [0.25, 0.3) is 10.8 Å². The van der Waals surface area contributed by atoms with Gasteiger partial charge in [-0.25, -0.2) is 0 Å². The number of nitrogens with one attached hydrogen (secondary N) is 1. The minimum Gasteiger partial charge on any atom is -0.399 e. The maximum Gasteiger partial charge on any atom is 0.234 e. The first kappa shape index (κ1) is 30.2. The van der Waals surface area contributed by atoms with E-state index >= 15 is 0 Å². The molecule has 2 bridgehead atoms. The van der Waals surface area contributed by atoms with Crippen LogP contribution in [0.15, 0.2) is 47.6 Å². The molecule has 2 aliphatic rings. The van der Waals surface area contributed by atoms with Gasteiger partial charge in [-0.15, -0.1) is 0 Å². The predicted octanol–water partition coefficient (Wildman–Crippen LogP) is 3.83. The second kappa shape index (κ2) is 14.7. The van der Waals surface area contributed by atoms with Crippen LogP contribution in [-0.2, 0) is 9.63 Å². The van der Waals surface area contributed by atoms with E-state index in [1.54, 1.807) is 7.11 Å². The second-order valence-corrected chi connectivity index (χ2v) is 11.6. The quantitative estimate of drug-likeness (QED) is 0.157. The molecule has 2 N–H and O–H groups in total. The highest BCUT2D eigenvalue weighted by atomic mass is 32.1. The molecule has 5 atom stereocenters. The lowest BCUT2D eigenvalue weighted by Crippen LogP contribution is -2.53. The van der Waals surface area contributed by atoms with Crippen LogP contribution in [-0.4, -0.2) is 96.1 Å². The topological polar surface area (TPSA) is 77.4 Å². The summed E-state index contributed by atoms with van der Waals surface area (Å²) < 4.78 is 0. The number of benzene rings is 2. The van der Waals surface area contributed by atoms with Gasteiger partial charge >= 0.3 is 0 Å². The maximum absolute atomic E-state index is 12.3. The number of aliphatic hydroxyl groups is 1. The van der Waals surface area contributed by atoms with Crippen molar-refractivity contribution in [1.29, 1.82) is 0 Å². The summed E-state index contributed by atoms with van der Waals surface area (Å²) in [4.78, 5) is 22.3. The molecular formula is C30H44N4O3S2. The number of rotatable bonds is 14. The van der Waals surface area contributed by atoms with Crippen LogP contribution < -0.4 is 5.32 Å². The molecule has 2 aromatic carbocycles. The van der Waals surface area contributed by atoms with Gasteiger partial charge < -0.3 is 15.3 Å². The molecule has 2 aliphatic heterocycles. The van der Waals surface area contributed by atoms with E-state index in [-0.39, 0.29) is 23.8 Å². The number of fused-ring (bicyclic) bond motifs is 3. The molecule has 0 saturated carbocycles. The lowest BCUT2D eigenvalue weighted by atomic mass is 9.72. The number of nitrogens with zero attached hydrogens (tertiary/aromatic N) is 3. The average Bonchev–Trinajstić information content (AvgIpc) is 3.15. The van der Waals surface area contributed by atoms with Gasteiger partial charge in [-0.05, 0) is 54.5 Å². The molecular weight excluding hydrogens is 528 g/mol. The number of piperidine rings is 1. The molecule has 4 rings (SSSR count). The molecule has 2 fully saturated rings. The zero-order chi connectivity index (χ0) is 27.8. The lowest BCUT2D eigenvalue weighted by molar-refractivity contribution is -0.122. The smallest absolute Gasteiger partial charge is 0.234 e. The van der Waals surface area contributed by atoms with Crippen LogP contribution in [0.4, 0.5) is 0 Å². The third-order valence-electron chi connectivity index (χ3n) is 8.35. The molecule has 0 radical (unpaired) electrons. The van der Waals surface area contributed by atoms with E-state index in [9.17, 15) is 9.90 Å². The van der Waals surface area contributed by atoms with Crippen LogP contribution >= 0.6 is 25.3 Å². The minimum absolute atomic E-state index is 0.00825. The van der Waals surface area contributed by atoms with Crippen molar-refractivity contribution in [2.24, 2.45) is 11.1 Å². The zero-order valence-corrected chi connectivity index (χ0v) is 25.0. The Balaban J connectivity index is 1.53. The molecule has 1 amide bonds. The average molecular weight is 573 g/mol. The van der Waals surface area contributed by atoms with E-state index in [0.717, 1.165) is 51.0 Å². The summed E-state index contributed by atoms with van der Waals surface area (Å²) in [5.74, 6) is 1.71. The predicted molar refractivity (Wildman–Crippen MR) is 166 cm³/mol. The van der Waals surface area contributed by atoms with E-state index in [0.29, 0.717) is 30.6 Å². The number of oxime groups is 1. The minimum atomic E-state index is -0.403. The van der Waals surface area contributed by atoms with E-state index in [1.165, 1.54) is 16.3 Å². The first-order valence-corrected chi connectivity index (χ1v) is 15.5. The van der Waals surface area contributed by atoms with Crippen molar-refractivity contribution in [3.63, 3.8) is 0 Å². The van der Waals surface area contributed by atoms with Crippen molar-refractivity contribution in [3.05, 3.63) is 48.0 Å². The standard InChI is InChI=1S/C30H44N4O3S2/c1-3-26(32-37-2)29-25(23-10-9-21-7-4-5-8-22(21)17-23)18-24-19-27(35)30(29)34(24)13-6-12-33(14-16-39)20-28(36)31-11-15-38/h4-5,7-10,17,24-25,27,29-30,35,38-39H,3,6,11-16,18-20H2,1-2H3,(H,31,36). The molecule has 2 aromatic rings. The van der Waals surface area contributed by atoms with Crippen LogP contribution in [0, 0.1) is 5.92 Å². The summed E-state index contributed by atoms with van der Waals surface area (Å²) in [6.07, 6.45) is 3.05. The molecule has 9 heteroatoms. The van der Waals surface area contributed by atoms with Gasteiger partial charge in [0.05, 0.1) is 18.4 Å². The van der Waals surface area contributed by atoms with E-state index in [4.69, 9.17) is 4.84 Å². The van der Waals surface area contributed by atoms with Crippen LogP contribution in [0.5, 0.6) is 0 Å². The van der Waals surface area contributed by atoms with Gasteiger partial charge in [0.1, 0.15) is 7.11 Å². The van der Waals surface area contributed by atoms with E-state index < -0.39 is 6.10 Å². The van der Waals surface area contributed by atoms with Crippen molar-refractivity contribution in [2.45, 2.75) is 56.7 Å².